The van der Waals surface area contributed by atoms with Crippen LogP contribution in [0.25, 0.3) is 0 Å². The largest absolute Gasteiger partial charge is 0.341 e. The molecule has 2 aliphatic heterocycles. The lowest BCUT2D eigenvalue weighted by atomic mass is 9.79. The molecule has 86 valence electrons. The lowest BCUT2D eigenvalue weighted by Crippen LogP contribution is -2.59. The van der Waals surface area contributed by atoms with Crippen molar-refractivity contribution in [2.45, 2.75) is 39.7 Å². The maximum absolute atomic E-state index is 11.5. The fourth-order valence-corrected chi connectivity index (χ4v) is 2.83. The van der Waals surface area contributed by atoms with E-state index in [2.05, 4.69) is 18.7 Å². The quantitative estimate of drug-likeness (QED) is 0.686. The van der Waals surface area contributed by atoms with Gasteiger partial charge in [-0.2, -0.15) is 0 Å². The molecular weight excluding hydrogens is 188 g/mol. The minimum atomic E-state index is 0.323. The van der Waals surface area contributed by atoms with Crippen molar-refractivity contribution < 1.29 is 4.79 Å². The number of hydrogen-bond acceptors (Lipinski definition) is 2. The highest BCUT2D eigenvalue weighted by Crippen LogP contribution is 2.40. The maximum atomic E-state index is 11.5. The van der Waals surface area contributed by atoms with Crippen molar-refractivity contribution in [1.82, 2.24) is 9.80 Å². The molecule has 1 amide bonds. The standard InChI is InChI=1S/C12H22N2O/c1-4-11(15)14-8-12(9-14)5-6-13(7-12)10(2)3/h10H,4-9H2,1-3H3. The van der Waals surface area contributed by atoms with Gasteiger partial charge in [-0.25, -0.2) is 0 Å². The van der Waals surface area contributed by atoms with Gasteiger partial charge in [0.2, 0.25) is 5.91 Å². The third-order valence-electron chi connectivity index (χ3n) is 3.91. The van der Waals surface area contributed by atoms with E-state index in [4.69, 9.17) is 0 Å². The van der Waals surface area contributed by atoms with Crippen LogP contribution in [0.1, 0.15) is 33.6 Å². The van der Waals surface area contributed by atoms with Crippen LogP contribution in [-0.2, 0) is 4.79 Å². The van der Waals surface area contributed by atoms with E-state index in [1.165, 1.54) is 19.5 Å². The van der Waals surface area contributed by atoms with Gasteiger partial charge in [-0.1, -0.05) is 6.92 Å². The highest BCUT2D eigenvalue weighted by molar-refractivity contribution is 5.76. The number of nitrogens with zero attached hydrogens (tertiary/aromatic N) is 2. The molecule has 0 aromatic carbocycles. The molecule has 0 bridgehead atoms. The number of hydrogen-bond donors (Lipinski definition) is 0. The monoisotopic (exact) mass is 210 g/mol. The first kappa shape index (κ1) is 10.9. The predicted molar refractivity (Wildman–Crippen MR) is 60.6 cm³/mol. The van der Waals surface area contributed by atoms with E-state index in [-0.39, 0.29) is 0 Å². The minimum Gasteiger partial charge on any atom is -0.341 e. The Labute approximate surface area is 92.4 Å². The normalized spacial score (nSPS) is 24.9. The molecule has 0 aromatic heterocycles. The molecule has 2 rings (SSSR count). The van der Waals surface area contributed by atoms with Gasteiger partial charge in [-0.3, -0.25) is 4.79 Å². The molecule has 0 N–H and O–H groups in total. The van der Waals surface area contributed by atoms with Crippen molar-refractivity contribution >= 4 is 5.91 Å². The van der Waals surface area contributed by atoms with Crippen molar-refractivity contribution in [2.24, 2.45) is 5.41 Å². The molecule has 0 unspecified atom stereocenters. The van der Waals surface area contributed by atoms with Gasteiger partial charge in [0, 0.05) is 37.5 Å². The van der Waals surface area contributed by atoms with E-state index in [1.807, 2.05) is 11.8 Å². The van der Waals surface area contributed by atoms with Crippen LogP contribution in [0.2, 0.25) is 0 Å². The fourth-order valence-electron chi connectivity index (χ4n) is 2.83. The topological polar surface area (TPSA) is 23.6 Å². The molecule has 0 radical (unpaired) electrons. The summed E-state index contributed by atoms with van der Waals surface area (Å²) in [5.41, 5.74) is 0.453. The summed E-state index contributed by atoms with van der Waals surface area (Å²) < 4.78 is 0. The number of carbonyl (C=O) groups excluding carboxylic acids is 1. The molecule has 2 saturated heterocycles. The van der Waals surface area contributed by atoms with Crippen LogP contribution in [0.5, 0.6) is 0 Å². The smallest absolute Gasteiger partial charge is 0.222 e. The van der Waals surface area contributed by atoms with Crippen LogP contribution in [-0.4, -0.2) is 47.9 Å². The van der Waals surface area contributed by atoms with Crippen molar-refractivity contribution in [1.29, 1.82) is 0 Å². The highest BCUT2D eigenvalue weighted by atomic mass is 16.2. The van der Waals surface area contributed by atoms with Crippen LogP contribution in [0.4, 0.5) is 0 Å². The van der Waals surface area contributed by atoms with E-state index in [0.717, 1.165) is 13.1 Å². The van der Waals surface area contributed by atoms with Crippen molar-refractivity contribution in [3.63, 3.8) is 0 Å². The summed E-state index contributed by atoms with van der Waals surface area (Å²) in [5, 5.41) is 0. The molecule has 3 nitrogen and oxygen atoms in total. The fraction of sp³-hybridized carbons (Fsp3) is 0.917. The average Bonchev–Trinajstić information content (AvgIpc) is 2.59. The molecule has 1 spiro atoms. The first-order valence-electron chi connectivity index (χ1n) is 6.08. The van der Waals surface area contributed by atoms with Gasteiger partial charge in [0.25, 0.3) is 0 Å². The molecule has 0 aromatic rings. The molecule has 0 saturated carbocycles. The van der Waals surface area contributed by atoms with Crippen molar-refractivity contribution in [3.05, 3.63) is 0 Å². The molecule has 2 heterocycles. The molecule has 0 aliphatic carbocycles. The molecule has 2 fully saturated rings. The van der Waals surface area contributed by atoms with E-state index >= 15 is 0 Å². The Morgan fingerprint density at radius 3 is 2.47 bits per heavy atom. The van der Waals surface area contributed by atoms with Gasteiger partial charge in [-0.15, -0.1) is 0 Å². The average molecular weight is 210 g/mol. The van der Waals surface area contributed by atoms with Gasteiger partial charge in [0.15, 0.2) is 0 Å². The zero-order valence-electron chi connectivity index (χ0n) is 10.1. The third kappa shape index (κ3) is 1.89. The summed E-state index contributed by atoms with van der Waals surface area (Å²) in [7, 11) is 0. The number of rotatable bonds is 2. The molecule has 3 heteroatoms. The Kier molecular flexibility index (Phi) is 2.75. The Morgan fingerprint density at radius 1 is 1.33 bits per heavy atom. The first-order chi connectivity index (χ1) is 7.06. The van der Waals surface area contributed by atoms with Crippen LogP contribution in [0, 0.1) is 5.41 Å². The lowest BCUT2D eigenvalue weighted by molar-refractivity contribution is -0.142. The molecule has 2 aliphatic rings. The molecule has 15 heavy (non-hydrogen) atoms. The summed E-state index contributed by atoms with van der Waals surface area (Å²) >= 11 is 0. The Morgan fingerprint density at radius 2 is 2.00 bits per heavy atom. The third-order valence-corrected chi connectivity index (χ3v) is 3.91. The van der Waals surface area contributed by atoms with E-state index < -0.39 is 0 Å². The number of amides is 1. The van der Waals surface area contributed by atoms with Gasteiger partial charge in [0.1, 0.15) is 0 Å². The van der Waals surface area contributed by atoms with Gasteiger partial charge >= 0.3 is 0 Å². The lowest BCUT2D eigenvalue weighted by Gasteiger charge is -2.48. The highest BCUT2D eigenvalue weighted by Gasteiger charge is 2.48. The van der Waals surface area contributed by atoms with Crippen molar-refractivity contribution in [3.8, 4) is 0 Å². The second-order valence-corrected chi connectivity index (χ2v) is 5.42. The van der Waals surface area contributed by atoms with Crippen LogP contribution in [0.15, 0.2) is 0 Å². The molecule has 0 atom stereocenters. The van der Waals surface area contributed by atoms with Crippen LogP contribution >= 0.6 is 0 Å². The maximum Gasteiger partial charge on any atom is 0.222 e. The van der Waals surface area contributed by atoms with Crippen molar-refractivity contribution in [2.75, 3.05) is 26.2 Å². The zero-order valence-corrected chi connectivity index (χ0v) is 10.1. The van der Waals surface area contributed by atoms with Gasteiger partial charge < -0.3 is 9.80 Å². The zero-order chi connectivity index (χ0) is 11.1. The molecular formula is C12H22N2O. The van der Waals surface area contributed by atoms with E-state index in [0.29, 0.717) is 23.8 Å². The second kappa shape index (κ2) is 3.78. The predicted octanol–water partition coefficient (Wildman–Crippen LogP) is 1.34. The van der Waals surface area contributed by atoms with E-state index in [9.17, 15) is 4.79 Å². The Hall–Kier alpha value is -0.570. The summed E-state index contributed by atoms with van der Waals surface area (Å²) in [6, 6.07) is 0.653. The summed E-state index contributed by atoms with van der Waals surface area (Å²) in [4.78, 5) is 16.0. The SMILES string of the molecule is CCC(=O)N1CC2(CCN(C(C)C)C2)C1. The second-order valence-electron chi connectivity index (χ2n) is 5.42. The Bertz CT molecular complexity index is 256. The summed E-state index contributed by atoms with van der Waals surface area (Å²) in [6.45, 7) is 10.9. The number of likely N-dealkylation sites (tertiary alicyclic amines) is 2. The van der Waals surface area contributed by atoms with Gasteiger partial charge in [0.05, 0.1) is 0 Å². The summed E-state index contributed by atoms with van der Waals surface area (Å²) in [5.74, 6) is 0.323. The van der Waals surface area contributed by atoms with E-state index in [1.54, 1.807) is 0 Å². The van der Waals surface area contributed by atoms with Gasteiger partial charge in [-0.05, 0) is 26.8 Å². The van der Waals surface area contributed by atoms with Crippen LogP contribution in [0.3, 0.4) is 0 Å². The summed E-state index contributed by atoms with van der Waals surface area (Å²) in [6.07, 6.45) is 1.93. The minimum absolute atomic E-state index is 0.323. The first-order valence-corrected chi connectivity index (χ1v) is 6.08. The Balaban J connectivity index is 1.86. The number of carbonyl (C=O) groups is 1. The van der Waals surface area contributed by atoms with Crippen LogP contribution < -0.4 is 0 Å².